The molecule has 1 aromatic heterocycles. The molecule has 2 heterocycles. The van der Waals surface area contributed by atoms with Crippen molar-refractivity contribution in [1.29, 1.82) is 5.41 Å². The lowest BCUT2D eigenvalue weighted by atomic mass is 9.84. The van der Waals surface area contributed by atoms with Crippen LogP contribution >= 0.6 is 11.3 Å². The third-order valence-electron chi connectivity index (χ3n) is 8.13. The van der Waals surface area contributed by atoms with Crippen molar-refractivity contribution in [3.63, 3.8) is 0 Å². The second kappa shape index (κ2) is 15.2. The van der Waals surface area contributed by atoms with Crippen molar-refractivity contribution in [3.8, 4) is 0 Å². The number of nitrogens with one attached hydrogen (secondary N) is 4. The highest BCUT2D eigenvalue weighted by Crippen LogP contribution is 2.30. The molecule has 0 radical (unpaired) electrons. The second-order valence-electron chi connectivity index (χ2n) is 11.2. The number of hydrogen-bond acceptors (Lipinski definition) is 9. The Labute approximate surface area is 249 Å². The molecular weight excluding hydrogens is 558 g/mol. The quantitative estimate of drug-likeness (QED) is 0.0812. The van der Waals surface area contributed by atoms with E-state index in [1.54, 1.807) is 0 Å². The number of nitrogens with two attached hydrogens (primary N) is 1. The standard InChI is InChI=1S/C29H41N7O5S/c30-29(31)32-14-6-11-21(25(39)28-34-19-10-4-5-13-23(19)42-28)36-15-7-12-22(36)27(41)35-26(40)20(33-17-24(37)38)16-18-8-2-1-3-9-18/h4-5,10,13,18,20-22,33H,1-3,6-9,11-12,14-17H2,(H,37,38)(H4,30,31,32)(H,35,40,41)/t20-,21+,22+/m1/s1. The first-order valence-electron chi connectivity index (χ1n) is 14.8. The molecule has 13 heteroatoms. The summed E-state index contributed by atoms with van der Waals surface area (Å²) < 4.78 is 0.900. The van der Waals surface area contributed by atoms with Crippen LogP contribution in [0.5, 0.6) is 0 Å². The van der Waals surface area contributed by atoms with Crippen LogP contribution in [-0.2, 0) is 14.4 Å². The van der Waals surface area contributed by atoms with Crippen LogP contribution in [0.25, 0.3) is 10.2 Å². The van der Waals surface area contributed by atoms with Gasteiger partial charge >= 0.3 is 5.97 Å². The molecule has 1 saturated carbocycles. The predicted octanol–water partition coefficient (Wildman–Crippen LogP) is 2.23. The first-order valence-corrected chi connectivity index (χ1v) is 15.6. The molecule has 2 amide bonds. The average molecular weight is 600 g/mol. The van der Waals surface area contributed by atoms with Crippen molar-refractivity contribution in [1.82, 2.24) is 25.8 Å². The maximum Gasteiger partial charge on any atom is 0.317 e. The van der Waals surface area contributed by atoms with Crippen LogP contribution in [0.3, 0.4) is 0 Å². The number of amides is 2. The monoisotopic (exact) mass is 599 g/mol. The summed E-state index contributed by atoms with van der Waals surface area (Å²) in [6, 6.07) is 5.41. The van der Waals surface area contributed by atoms with Crippen LogP contribution in [0.4, 0.5) is 0 Å². The van der Waals surface area contributed by atoms with Gasteiger partial charge in [0, 0.05) is 6.54 Å². The number of thiazole rings is 1. The molecule has 228 valence electrons. The van der Waals surface area contributed by atoms with E-state index < -0.39 is 35.9 Å². The summed E-state index contributed by atoms with van der Waals surface area (Å²) in [4.78, 5) is 58.3. The van der Waals surface area contributed by atoms with E-state index in [0.29, 0.717) is 56.1 Å². The Morgan fingerprint density at radius 1 is 1.12 bits per heavy atom. The number of guanidine groups is 1. The number of para-hydroxylation sites is 1. The second-order valence-corrected chi connectivity index (χ2v) is 12.2. The molecule has 2 aromatic rings. The highest BCUT2D eigenvalue weighted by molar-refractivity contribution is 7.20. The number of hydrogen-bond donors (Lipinski definition) is 6. The SMILES string of the molecule is N=C(N)NCCC[C@@H](C(=O)c1nc2ccccc2s1)N1CCC[C@H]1C(=O)NC(=O)[C@@H](CC1CCCCC1)NCC(=O)O. The van der Waals surface area contributed by atoms with Crippen molar-refractivity contribution < 1.29 is 24.3 Å². The molecule has 0 bridgehead atoms. The Morgan fingerprint density at radius 3 is 2.60 bits per heavy atom. The van der Waals surface area contributed by atoms with Crippen molar-refractivity contribution >= 4 is 51.1 Å². The van der Waals surface area contributed by atoms with E-state index in [1.807, 2.05) is 29.2 Å². The summed E-state index contributed by atoms with van der Waals surface area (Å²) in [6.45, 7) is 0.540. The number of aliphatic carboxylic acids is 1. The number of imide groups is 1. The molecule has 2 fully saturated rings. The lowest BCUT2D eigenvalue weighted by Gasteiger charge is -2.31. The number of fused-ring (bicyclic) bond motifs is 1. The highest BCUT2D eigenvalue weighted by atomic mass is 32.1. The summed E-state index contributed by atoms with van der Waals surface area (Å²) in [5, 5.41) is 25.1. The third-order valence-corrected chi connectivity index (χ3v) is 9.18. The Hall–Kier alpha value is -3.42. The number of rotatable bonds is 14. The average Bonchev–Trinajstić information content (AvgIpc) is 3.63. The van der Waals surface area contributed by atoms with Crippen LogP contribution in [-0.4, -0.2) is 82.3 Å². The zero-order valence-corrected chi connectivity index (χ0v) is 24.6. The number of Topliss-reactive ketones (excluding diaryl/α,β-unsaturated/α-hetero) is 1. The normalized spacial score (nSPS) is 19.3. The zero-order valence-electron chi connectivity index (χ0n) is 23.8. The van der Waals surface area contributed by atoms with Gasteiger partial charge in [-0.1, -0.05) is 44.2 Å². The minimum Gasteiger partial charge on any atom is -0.480 e. The number of carbonyl (C=O) groups excluding carboxylic acids is 3. The number of carboxylic acids is 1. The van der Waals surface area contributed by atoms with Crippen LogP contribution in [0.1, 0.15) is 74.0 Å². The van der Waals surface area contributed by atoms with Gasteiger partial charge in [-0.15, -0.1) is 11.3 Å². The molecule has 1 aromatic carbocycles. The van der Waals surface area contributed by atoms with Gasteiger partial charge in [0.25, 0.3) is 0 Å². The predicted molar refractivity (Wildman–Crippen MR) is 160 cm³/mol. The van der Waals surface area contributed by atoms with E-state index in [2.05, 4.69) is 20.9 Å². The van der Waals surface area contributed by atoms with E-state index in [4.69, 9.17) is 11.1 Å². The molecule has 0 unspecified atom stereocenters. The van der Waals surface area contributed by atoms with Crippen LogP contribution in [0.15, 0.2) is 24.3 Å². The topological polar surface area (TPSA) is 191 Å². The summed E-state index contributed by atoms with van der Waals surface area (Å²) in [5.74, 6) is -2.11. The van der Waals surface area contributed by atoms with Crippen molar-refractivity contribution in [2.75, 3.05) is 19.6 Å². The fourth-order valence-electron chi connectivity index (χ4n) is 6.07. The molecule has 7 N–H and O–H groups in total. The molecule has 2 aliphatic rings. The number of nitrogens with zero attached hydrogens (tertiary/aromatic N) is 2. The highest BCUT2D eigenvalue weighted by Gasteiger charge is 2.40. The van der Waals surface area contributed by atoms with Crippen LogP contribution in [0.2, 0.25) is 0 Å². The fraction of sp³-hybridized carbons (Fsp3) is 0.586. The summed E-state index contributed by atoms with van der Waals surface area (Å²) in [6.07, 6.45) is 7.89. The lowest BCUT2D eigenvalue weighted by molar-refractivity contribution is -0.136. The van der Waals surface area contributed by atoms with Crippen LogP contribution < -0.4 is 21.7 Å². The van der Waals surface area contributed by atoms with E-state index in [9.17, 15) is 24.3 Å². The van der Waals surface area contributed by atoms with E-state index >= 15 is 0 Å². The summed E-state index contributed by atoms with van der Waals surface area (Å²) >= 11 is 1.32. The molecule has 3 atom stereocenters. The van der Waals surface area contributed by atoms with Gasteiger partial charge in [-0.05, 0) is 56.7 Å². The van der Waals surface area contributed by atoms with Gasteiger partial charge in [-0.2, -0.15) is 0 Å². The molecular formula is C29H41N7O5S. The van der Waals surface area contributed by atoms with Crippen molar-refractivity contribution in [2.45, 2.75) is 82.3 Å². The largest absolute Gasteiger partial charge is 0.480 e. The third kappa shape index (κ3) is 8.55. The number of aromatic nitrogens is 1. The van der Waals surface area contributed by atoms with Gasteiger partial charge in [0.2, 0.25) is 17.6 Å². The fourth-order valence-corrected chi connectivity index (χ4v) is 7.03. The summed E-state index contributed by atoms with van der Waals surface area (Å²) in [7, 11) is 0. The Kier molecular flexibility index (Phi) is 11.4. The lowest BCUT2D eigenvalue weighted by Crippen LogP contribution is -2.55. The van der Waals surface area contributed by atoms with E-state index in [0.717, 1.165) is 42.3 Å². The number of carbonyl (C=O) groups is 4. The molecule has 1 aliphatic carbocycles. The Morgan fingerprint density at radius 2 is 1.88 bits per heavy atom. The molecule has 1 saturated heterocycles. The number of benzene rings is 1. The van der Waals surface area contributed by atoms with Crippen LogP contribution in [0, 0.1) is 11.3 Å². The molecule has 4 rings (SSSR count). The zero-order chi connectivity index (χ0) is 30.1. The number of carboxylic acid groups (broad SMARTS) is 1. The van der Waals surface area contributed by atoms with Gasteiger partial charge in [0.1, 0.15) is 0 Å². The number of likely N-dealkylation sites (tertiary alicyclic amines) is 1. The van der Waals surface area contributed by atoms with Gasteiger partial charge in [-0.25, -0.2) is 4.98 Å². The minimum atomic E-state index is -1.07. The van der Waals surface area contributed by atoms with Gasteiger partial charge < -0.3 is 16.2 Å². The smallest absolute Gasteiger partial charge is 0.317 e. The first kappa shape index (κ1) is 31.5. The molecule has 0 spiro atoms. The maximum atomic E-state index is 13.9. The molecule has 42 heavy (non-hydrogen) atoms. The molecule has 12 nitrogen and oxygen atoms in total. The van der Waals surface area contributed by atoms with Gasteiger partial charge in [0.15, 0.2) is 11.0 Å². The first-order chi connectivity index (χ1) is 20.2. The van der Waals surface area contributed by atoms with Crippen molar-refractivity contribution in [3.05, 3.63) is 29.3 Å². The van der Waals surface area contributed by atoms with E-state index in [1.165, 1.54) is 11.3 Å². The maximum absolute atomic E-state index is 13.9. The number of ketones is 1. The Balaban J connectivity index is 1.48. The Bertz CT molecular complexity index is 1250. The van der Waals surface area contributed by atoms with Crippen molar-refractivity contribution in [2.24, 2.45) is 11.7 Å². The minimum absolute atomic E-state index is 0.153. The summed E-state index contributed by atoms with van der Waals surface area (Å²) in [5.41, 5.74) is 6.16. The van der Waals surface area contributed by atoms with Gasteiger partial charge in [0.05, 0.1) is 34.9 Å². The van der Waals surface area contributed by atoms with Gasteiger partial charge in [-0.3, -0.25) is 40.1 Å². The molecule has 1 aliphatic heterocycles. The van der Waals surface area contributed by atoms with E-state index in [-0.39, 0.29) is 18.3 Å².